The van der Waals surface area contributed by atoms with E-state index in [0.29, 0.717) is 13.0 Å². The summed E-state index contributed by atoms with van der Waals surface area (Å²) in [5, 5.41) is 2.99. The van der Waals surface area contributed by atoms with Crippen molar-refractivity contribution in [1.82, 2.24) is 5.32 Å². The van der Waals surface area contributed by atoms with Gasteiger partial charge >= 0.3 is 0 Å². The van der Waals surface area contributed by atoms with E-state index >= 15 is 0 Å². The molecular weight excluding hydrogens is 172 g/mol. The molecule has 3 nitrogen and oxygen atoms in total. The van der Waals surface area contributed by atoms with Crippen LogP contribution in [0.3, 0.4) is 0 Å². The van der Waals surface area contributed by atoms with Crippen molar-refractivity contribution >= 4 is 30.9 Å². The molecule has 5 heteroatoms. The summed E-state index contributed by atoms with van der Waals surface area (Å²) in [6.07, 6.45) is 0.410. The van der Waals surface area contributed by atoms with Crippen LogP contribution in [0.25, 0.3) is 0 Å². The highest BCUT2D eigenvalue weighted by molar-refractivity contribution is 7.80. The van der Waals surface area contributed by atoms with Gasteiger partial charge in [0.1, 0.15) is 0 Å². The van der Waals surface area contributed by atoms with Gasteiger partial charge in [0.25, 0.3) is 0 Å². The zero-order chi connectivity index (χ0) is 7.11. The summed E-state index contributed by atoms with van der Waals surface area (Å²) in [6.45, 7) is 1.49. The summed E-state index contributed by atoms with van der Waals surface area (Å²) < 4.78 is 0. The molecule has 0 aliphatic carbocycles. The van der Waals surface area contributed by atoms with Crippen LogP contribution in [0.5, 0.6) is 0 Å². The molecule has 10 heavy (non-hydrogen) atoms. The summed E-state index contributed by atoms with van der Waals surface area (Å²) in [6, 6.07) is 0. The molecule has 0 spiro atoms. The van der Waals surface area contributed by atoms with E-state index in [0.717, 1.165) is 12.3 Å². The third-order valence-corrected chi connectivity index (χ3v) is 1.06. The van der Waals surface area contributed by atoms with Crippen molar-refractivity contribution in [2.24, 2.45) is 5.73 Å². The number of carbonyl (C=O) groups excluding carboxylic acids is 1. The average Bonchev–Trinajstić information content (AvgIpc) is 1.80. The van der Waals surface area contributed by atoms with Gasteiger partial charge in [0.2, 0.25) is 5.91 Å². The maximum Gasteiger partial charge on any atom is 0.218 e. The third-order valence-electron chi connectivity index (χ3n) is 0.837. The predicted octanol–water partition coefficient (Wildman–Crippen LogP) is -0.197. The first kappa shape index (κ1) is 12.7. The van der Waals surface area contributed by atoms with E-state index in [2.05, 4.69) is 17.9 Å². The highest BCUT2D eigenvalue weighted by Crippen LogP contribution is 1.73. The van der Waals surface area contributed by atoms with Crippen molar-refractivity contribution < 1.29 is 4.79 Å². The number of primary amides is 1. The van der Waals surface area contributed by atoms with E-state index in [1.807, 2.05) is 0 Å². The smallest absolute Gasteiger partial charge is 0.218 e. The summed E-state index contributed by atoms with van der Waals surface area (Å²) in [4.78, 5) is 10.1. The molecule has 0 aromatic carbocycles. The zero-order valence-corrected chi connectivity index (χ0v) is 7.38. The van der Waals surface area contributed by atoms with Crippen molar-refractivity contribution in [3.63, 3.8) is 0 Å². The molecule has 0 heterocycles. The normalized spacial score (nSPS) is 8.50. The van der Waals surface area contributed by atoms with Crippen molar-refractivity contribution in [1.29, 1.82) is 0 Å². The second kappa shape index (κ2) is 9.07. The average molecular weight is 185 g/mol. The zero-order valence-electron chi connectivity index (χ0n) is 5.67. The second-order valence-electron chi connectivity index (χ2n) is 1.69. The Hall–Kier alpha value is 0.0700. The first-order valence-corrected chi connectivity index (χ1v) is 3.50. The summed E-state index contributed by atoms with van der Waals surface area (Å²) in [5.41, 5.74) is 4.88. The van der Waals surface area contributed by atoms with Gasteiger partial charge in [-0.2, -0.15) is 12.6 Å². The highest BCUT2D eigenvalue weighted by atomic mass is 35.5. The molecular formula is C5H13ClN2OS. The Kier molecular flexibility index (Phi) is 11.5. The van der Waals surface area contributed by atoms with Crippen molar-refractivity contribution in [2.45, 2.75) is 6.42 Å². The molecule has 0 radical (unpaired) electrons. The molecule has 0 aromatic heterocycles. The van der Waals surface area contributed by atoms with Gasteiger partial charge in [-0.15, -0.1) is 12.4 Å². The molecule has 0 bridgehead atoms. The number of nitrogens with one attached hydrogen (secondary N) is 1. The van der Waals surface area contributed by atoms with Gasteiger partial charge in [0.05, 0.1) is 0 Å². The number of nitrogens with two attached hydrogens (primary N) is 1. The minimum absolute atomic E-state index is 0. The first-order valence-electron chi connectivity index (χ1n) is 2.87. The molecule has 0 saturated carbocycles. The number of hydrogen-bond acceptors (Lipinski definition) is 3. The number of rotatable bonds is 5. The molecule has 1 amide bonds. The molecule has 0 fully saturated rings. The number of hydrogen-bond donors (Lipinski definition) is 3. The Morgan fingerprint density at radius 1 is 1.50 bits per heavy atom. The quantitative estimate of drug-likeness (QED) is 0.410. The molecule has 0 saturated heterocycles. The van der Waals surface area contributed by atoms with Crippen LogP contribution < -0.4 is 11.1 Å². The SMILES string of the molecule is Cl.NC(=O)CCNCCS. The van der Waals surface area contributed by atoms with E-state index in [1.165, 1.54) is 0 Å². The van der Waals surface area contributed by atoms with E-state index < -0.39 is 0 Å². The molecule has 3 N–H and O–H groups in total. The topological polar surface area (TPSA) is 55.1 Å². The lowest BCUT2D eigenvalue weighted by Gasteiger charge is -1.97. The lowest BCUT2D eigenvalue weighted by molar-refractivity contribution is -0.117. The Labute approximate surface area is 72.6 Å². The van der Waals surface area contributed by atoms with Crippen LogP contribution in [0.4, 0.5) is 0 Å². The van der Waals surface area contributed by atoms with Gasteiger partial charge in [-0.3, -0.25) is 4.79 Å². The van der Waals surface area contributed by atoms with Crippen LogP contribution in [0, 0.1) is 0 Å². The fourth-order valence-corrected chi connectivity index (χ4v) is 0.574. The maximum absolute atomic E-state index is 10.1. The Morgan fingerprint density at radius 2 is 2.10 bits per heavy atom. The molecule has 0 aromatic rings. The Morgan fingerprint density at radius 3 is 2.50 bits per heavy atom. The molecule has 0 aliphatic rings. The summed E-state index contributed by atoms with van der Waals surface area (Å²) in [5.74, 6) is 0.528. The van der Waals surface area contributed by atoms with Gasteiger partial charge in [-0.1, -0.05) is 0 Å². The largest absolute Gasteiger partial charge is 0.370 e. The van der Waals surface area contributed by atoms with Crippen molar-refractivity contribution in [2.75, 3.05) is 18.8 Å². The molecule has 62 valence electrons. The first-order chi connectivity index (χ1) is 4.27. The van der Waals surface area contributed by atoms with Gasteiger partial charge in [0.15, 0.2) is 0 Å². The number of amides is 1. The minimum Gasteiger partial charge on any atom is -0.370 e. The Bertz CT molecular complexity index is 91.7. The number of carbonyl (C=O) groups is 1. The summed E-state index contributed by atoms with van der Waals surface area (Å²) >= 11 is 3.97. The van der Waals surface area contributed by atoms with Gasteiger partial charge < -0.3 is 11.1 Å². The van der Waals surface area contributed by atoms with Crippen LogP contribution in [0.15, 0.2) is 0 Å². The van der Waals surface area contributed by atoms with Crippen LogP contribution >= 0.6 is 25.0 Å². The maximum atomic E-state index is 10.1. The van der Waals surface area contributed by atoms with E-state index in [-0.39, 0.29) is 18.3 Å². The summed E-state index contributed by atoms with van der Waals surface area (Å²) in [7, 11) is 0. The van der Waals surface area contributed by atoms with Gasteiger partial charge in [-0.25, -0.2) is 0 Å². The van der Waals surface area contributed by atoms with Crippen LogP contribution in [0.1, 0.15) is 6.42 Å². The Balaban J connectivity index is 0. The lowest BCUT2D eigenvalue weighted by Crippen LogP contribution is -2.23. The number of halogens is 1. The van der Waals surface area contributed by atoms with Gasteiger partial charge in [0, 0.05) is 25.3 Å². The second-order valence-corrected chi connectivity index (χ2v) is 2.14. The molecule has 0 aliphatic heterocycles. The minimum atomic E-state index is -0.262. The van der Waals surface area contributed by atoms with E-state index in [1.54, 1.807) is 0 Å². The highest BCUT2D eigenvalue weighted by Gasteiger charge is 1.90. The third kappa shape index (κ3) is 10.9. The fourth-order valence-electron chi connectivity index (χ4n) is 0.416. The van der Waals surface area contributed by atoms with Crippen LogP contribution in [-0.4, -0.2) is 24.7 Å². The van der Waals surface area contributed by atoms with Crippen molar-refractivity contribution in [3.05, 3.63) is 0 Å². The van der Waals surface area contributed by atoms with Crippen molar-refractivity contribution in [3.8, 4) is 0 Å². The monoisotopic (exact) mass is 184 g/mol. The molecule has 0 atom stereocenters. The fraction of sp³-hybridized carbons (Fsp3) is 0.800. The van der Waals surface area contributed by atoms with E-state index in [4.69, 9.17) is 5.73 Å². The van der Waals surface area contributed by atoms with Gasteiger partial charge in [-0.05, 0) is 0 Å². The standard InChI is InChI=1S/C5H12N2OS.ClH/c6-5(8)1-2-7-3-4-9;/h7,9H,1-4H2,(H2,6,8);1H. The molecule has 0 rings (SSSR count). The lowest BCUT2D eigenvalue weighted by atomic mass is 10.4. The molecule has 0 unspecified atom stereocenters. The predicted molar refractivity (Wildman–Crippen MR) is 47.8 cm³/mol. The van der Waals surface area contributed by atoms with Crippen LogP contribution in [0.2, 0.25) is 0 Å². The van der Waals surface area contributed by atoms with Crippen LogP contribution in [-0.2, 0) is 4.79 Å². The van der Waals surface area contributed by atoms with E-state index in [9.17, 15) is 4.79 Å². The number of thiol groups is 1.